The van der Waals surface area contributed by atoms with Crippen molar-refractivity contribution in [3.63, 3.8) is 0 Å². The SMILES string of the molecule is Cc1c(Cl)cccc1NC(=O)COc1ccc(-c2ccccc2)cc1Br. The van der Waals surface area contributed by atoms with E-state index in [0.717, 1.165) is 21.2 Å². The van der Waals surface area contributed by atoms with Gasteiger partial charge in [-0.1, -0.05) is 54.1 Å². The Bertz CT molecular complexity index is 929. The van der Waals surface area contributed by atoms with Crippen molar-refractivity contribution in [3.05, 3.63) is 81.8 Å². The van der Waals surface area contributed by atoms with Crippen LogP contribution in [0.15, 0.2) is 71.2 Å². The van der Waals surface area contributed by atoms with Crippen LogP contribution in [0.5, 0.6) is 5.75 Å². The van der Waals surface area contributed by atoms with Gasteiger partial charge in [-0.25, -0.2) is 0 Å². The Hall–Kier alpha value is -2.30. The summed E-state index contributed by atoms with van der Waals surface area (Å²) >= 11 is 9.58. The van der Waals surface area contributed by atoms with Gasteiger partial charge < -0.3 is 10.1 Å². The third-order valence-electron chi connectivity index (χ3n) is 3.94. The lowest BCUT2D eigenvalue weighted by atomic mass is 10.1. The van der Waals surface area contributed by atoms with Crippen LogP contribution in [0.3, 0.4) is 0 Å². The fourth-order valence-electron chi connectivity index (χ4n) is 2.50. The van der Waals surface area contributed by atoms with Crippen LogP contribution in [-0.4, -0.2) is 12.5 Å². The van der Waals surface area contributed by atoms with E-state index in [1.54, 1.807) is 12.1 Å². The second-order valence-corrected chi connectivity index (χ2v) is 7.02. The molecule has 1 amide bonds. The second kappa shape index (κ2) is 8.39. The molecule has 0 saturated heterocycles. The molecule has 1 N–H and O–H groups in total. The quantitative estimate of drug-likeness (QED) is 0.531. The number of carbonyl (C=O) groups excluding carboxylic acids is 1. The van der Waals surface area contributed by atoms with E-state index in [1.807, 2.05) is 61.5 Å². The summed E-state index contributed by atoms with van der Waals surface area (Å²) in [5.74, 6) is 0.372. The molecule has 0 aromatic heterocycles. The minimum absolute atomic E-state index is 0.0881. The number of hydrogen-bond acceptors (Lipinski definition) is 2. The summed E-state index contributed by atoms with van der Waals surface area (Å²) in [4.78, 5) is 12.2. The zero-order valence-electron chi connectivity index (χ0n) is 14.1. The van der Waals surface area contributed by atoms with Crippen molar-refractivity contribution in [2.24, 2.45) is 0 Å². The van der Waals surface area contributed by atoms with E-state index in [4.69, 9.17) is 16.3 Å². The standard InChI is InChI=1S/C21H17BrClNO2/c1-14-18(23)8-5-9-19(14)24-21(25)13-26-20-11-10-16(12-17(20)22)15-6-3-2-4-7-15/h2-12H,13H2,1H3,(H,24,25). The van der Waals surface area contributed by atoms with E-state index in [0.29, 0.717) is 16.5 Å². The molecular weight excluding hydrogens is 414 g/mol. The molecular formula is C21H17BrClNO2. The van der Waals surface area contributed by atoms with E-state index in [9.17, 15) is 4.79 Å². The van der Waals surface area contributed by atoms with Crippen LogP contribution in [-0.2, 0) is 4.79 Å². The lowest BCUT2D eigenvalue weighted by Crippen LogP contribution is -2.20. The molecule has 0 radical (unpaired) electrons. The molecule has 0 unspecified atom stereocenters. The number of hydrogen-bond donors (Lipinski definition) is 1. The second-order valence-electron chi connectivity index (χ2n) is 5.76. The number of halogens is 2. The summed E-state index contributed by atoms with van der Waals surface area (Å²) in [5.41, 5.74) is 3.71. The highest BCUT2D eigenvalue weighted by molar-refractivity contribution is 9.10. The van der Waals surface area contributed by atoms with Crippen LogP contribution in [0.2, 0.25) is 5.02 Å². The van der Waals surface area contributed by atoms with Crippen molar-refractivity contribution in [3.8, 4) is 16.9 Å². The fourth-order valence-corrected chi connectivity index (χ4v) is 3.17. The Balaban J connectivity index is 1.64. The average molecular weight is 431 g/mol. The van der Waals surface area contributed by atoms with Crippen molar-refractivity contribution in [1.29, 1.82) is 0 Å². The predicted octanol–water partition coefficient (Wildman–Crippen LogP) is 6.10. The van der Waals surface area contributed by atoms with E-state index in [-0.39, 0.29) is 12.5 Å². The molecule has 3 aromatic rings. The first-order valence-electron chi connectivity index (χ1n) is 8.07. The number of amides is 1. The van der Waals surface area contributed by atoms with Crippen LogP contribution < -0.4 is 10.1 Å². The third-order valence-corrected chi connectivity index (χ3v) is 4.97. The molecule has 0 aliphatic rings. The fraction of sp³-hybridized carbons (Fsp3) is 0.0952. The van der Waals surface area contributed by atoms with Gasteiger partial charge >= 0.3 is 0 Å². The molecule has 3 rings (SSSR count). The molecule has 0 heterocycles. The number of nitrogens with one attached hydrogen (secondary N) is 1. The molecule has 0 bridgehead atoms. The Morgan fingerprint density at radius 3 is 2.54 bits per heavy atom. The molecule has 3 nitrogen and oxygen atoms in total. The first-order valence-corrected chi connectivity index (χ1v) is 9.24. The summed E-state index contributed by atoms with van der Waals surface area (Å²) < 4.78 is 6.44. The molecule has 132 valence electrons. The van der Waals surface area contributed by atoms with Crippen molar-refractivity contribution in [1.82, 2.24) is 0 Å². The average Bonchev–Trinajstić information content (AvgIpc) is 2.65. The van der Waals surface area contributed by atoms with Gasteiger partial charge in [0.1, 0.15) is 5.75 Å². The van der Waals surface area contributed by atoms with Crippen LogP contribution >= 0.6 is 27.5 Å². The smallest absolute Gasteiger partial charge is 0.262 e. The van der Waals surface area contributed by atoms with Crippen LogP contribution in [0.25, 0.3) is 11.1 Å². The van der Waals surface area contributed by atoms with Crippen molar-refractivity contribution in [2.75, 3.05) is 11.9 Å². The van der Waals surface area contributed by atoms with Gasteiger partial charge in [-0.05, 0) is 63.8 Å². The first-order chi connectivity index (χ1) is 12.5. The lowest BCUT2D eigenvalue weighted by Gasteiger charge is -2.12. The number of carbonyl (C=O) groups is 1. The molecule has 5 heteroatoms. The van der Waals surface area contributed by atoms with Crippen molar-refractivity contribution < 1.29 is 9.53 Å². The predicted molar refractivity (Wildman–Crippen MR) is 110 cm³/mol. The highest BCUT2D eigenvalue weighted by Crippen LogP contribution is 2.30. The minimum atomic E-state index is -0.241. The van der Waals surface area contributed by atoms with Crippen molar-refractivity contribution in [2.45, 2.75) is 6.92 Å². The highest BCUT2D eigenvalue weighted by atomic mass is 79.9. The van der Waals surface area contributed by atoms with Gasteiger partial charge in [0, 0.05) is 10.7 Å². The van der Waals surface area contributed by atoms with Gasteiger partial charge in [-0.15, -0.1) is 0 Å². The number of benzene rings is 3. The largest absolute Gasteiger partial charge is 0.483 e. The maximum absolute atomic E-state index is 12.2. The molecule has 3 aromatic carbocycles. The topological polar surface area (TPSA) is 38.3 Å². The highest BCUT2D eigenvalue weighted by Gasteiger charge is 2.10. The van der Waals surface area contributed by atoms with Crippen LogP contribution in [0.4, 0.5) is 5.69 Å². The molecule has 0 spiro atoms. The summed E-state index contributed by atoms with van der Waals surface area (Å²) in [6.07, 6.45) is 0. The van der Waals surface area contributed by atoms with Crippen molar-refractivity contribution >= 4 is 39.1 Å². The van der Waals surface area contributed by atoms with Crippen LogP contribution in [0, 0.1) is 6.92 Å². The van der Waals surface area contributed by atoms with E-state index >= 15 is 0 Å². The lowest BCUT2D eigenvalue weighted by molar-refractivity contribution is -0.118. The Kier molecular flexibility index (Phi) is 5.96. The maximum Gasteiger partial charge on any atom is 0.262 e. The normalized spacial score (nSPS) is 10.4. The maximum atomic E-state index is 12.2. The Morgan fingerprint density at radius 2 is 1.81 bits per heavy atom. The van der Waals surface area contributed by atoms with E-state index in [1.165, 1.54) is 0 Å². The van der Waals surface area contributed by atoms with Gasteiger partial charge in [0.25, 0.3) is 5.91 Å². The zero-order chi connectivity index (χ0) is 18.5. The Morgan fingerprint density at radius 1 is 1.04 bits per heavy atom. The minimum Gasteiger partial charge on any atom is -0.483 e. The van der Waals surface area contributed by atoms with Gasteiger partial charge in [-0.2, -0.15) is 0 Å². The van der Waals surface area contributed by atoms with Gasteiger partial charge in [0.2, 0.25) is 0 Å². The first kappa shape index (κ1) is 18.5. The van der Waals surface area contributed by atoms with Gasteiger partial charge in [0.05, 0.1) is 4.47 Å². The van der Waals surface area contributed by atoms with E-state index < -0.39 is 0 Å². The molecule has 0 aliphatic carbocycles. The summed E-state index contributed by atoms with van der Waals surface area (Å²) in [7, 11) is 0. The number of anilines is 1. The molecule has 26 heavy (non-hydrogen) atoms. The number of rotatable bonds is 5. The summed E-state index contributed by atoms with van der Waals surface area (Å²) in [6, 6.07) is 21.2. The Labute approximate surface area is 166 Å². The molecule has 0 atom stereocenters. The third kappa shape index (κ3) is 4.45. The summed E-state index contributed by atoms with van der Waals surface area (Å²) in [5, 5.41) is 3.43. The monoisotopic (exact) mass is 429 g/mol. The van der Waals surface area contributed by atoms with Crippen LogP contribution in [0.1, 0.15) is 5.56 Å². The summed E-state index contributed by atoms with van der Waals surface area (Å²) in [6.45, 7) is 1.77. The molecule has 0 aliphatic heterocycles. The van der Waals surface area contributed by atoms with Gasteiger partial charge in [0.15, 0.2) is 6.61 Å². The molecule has 0 saturated carbocycles. The van der Waals surface area contributed by atoms with Gasteiger partial charge in [-0.3, -0.25) is 4.79 Å². The zero-order valence-corrected chi connectivity index (χ0v) is 16.5. The molecule has 0 fully saturated rings. The number of ether oxygens (including phenoxy) is 1. The van der Waals surface area contributed by atoms with E-state index in [2.05, 4.69) is 21.2 Å².